The van der Waals surface area contributed by atoms with E-state index in [1.807, 2.05) is 0 Å². The van der Waals surface area contributed by atoms with Crippen molar-refractivity contribution in [3.05, 3.63) is 63.6 Å². The lowest BCUT2D eigenvalue weighted by Gasteiger charge is -2.28. The number of hydrogen-bond donors (Lipinski definition) is 1. The number of Topliss-reactive ketones (excluding diaryl/α,β-unsaturated/α-hetero) is 1. The molecule has 2 aromatic rings. The van der Waals surface area contributed by atoms with Crippen LogP contribution in [0.2, 0.25) is 0 Å². The van der Waals surface area contributed by atoms with Crippen molar-refractivity contribution in [2.75, 3.05) is 40.4 Å². The number of benzene rings is 2. The van der Waals surface area contributed by atoms with Crippen LogP contribution in [-0.4, -0.2) is 67.0 Å². The van der Waals surface area contributed by atoms with E-state index in [4.69, 9.17) is 9.47 Å². The quantitative estimate of drug-likeness (QED) is 0.162. The molecule has 1 saturated heterocycles. The lowest BCUT2D eigenvalue weighted by molar-refractivity contribution is -0.140. The fraction of sp³-hybridized carbons (Fsp3) is 0.467. The third kappa shape index (κ3) is 6.97. The van der Waals surface area contributed by atoms with E-state index in [0.29, 0.717) is 35.6 Å². The molecule has 3 rings (SSSR count). The molecule has 38 heavy (non-hydrogen) atoms. The van der Waals surface area contributed by atoms with E-state index < -0.39 is 17.7 Å². The molecule has 1 heterocycles. The van der Waals surface area contributed by atoms with Crippen LogP contribution in [0, 0.1) is 0 Å². The van der Waals surface area contributed by atoms with Crippen molar-refractivity contribution in [2.24, 2.45) is 0 Å². The third-order valence-corrected chi connectivity index (χ3v) is 7.45. The number of aliphatic hydroxyl groups is 1. The monoisotopic (exact) mass is 586 g/mol. The molecular formula is C30H39BrN2O5. The summed E-state index contributed by atoms with van der Waals surface area (Å²) in [6, 6.07) is 11.5. The summed E-state index contributed by atoms with van der Waals surface area (Å²) in [5, 5.41) is 11.3. The van der Waals surface area contributed by atoms with E-state index in [1.54, 1.807) is 61.6 Å². The van der Waals surface area contributed by atoms with Crippen LogP contribution >= 0.6 is 15.9 Å². The highest BCUT2D eigenvalue weighted by Crippen LogP contribution is 2.43. The molecule has 1 aliphatic rings. The summed E-state index contributed by atoms with van der Waals surface area (Å²) >= 11 is 3.40. The molecule has 206 valence electrons. The number of methoxy groups -OCH3 is 2. The molecule has 0 aromatic heterocycles. The minimum Gasteiger partial charge on any atom is -0.507 e. The number of ether oxygens (including phenoxy) is 2. The van der Waals surface area contributed by atoms with Crippen molar-refractivity contribution in [2.45, 2.75) is 52.0 Å². The maximum Gasteiger partial charge on any atom is 0.295 e. The van der Waals surface area contributed by atoms with Crippen LogP contribution in [0.5, 0.6) is 11.5 Å². The van der Waals surface area contributed by atoms with Gasteiger partial charge in [0.05, 0.1) is 25.8 Å². The van der Waals surface area contributed by atoms with Gasteiger partial charge in [-0.2, -0.15) is 0 Å². The van der Waals surface area contributed by atoms with Crippen LogP contribution in [0.15, 0.2) is 52.5 Å². The average Bonchev–Trinajstić information content (AvgIpc) is 3.18. The molecule has 1 N–H and O–H groups in total. The van der Waals surface area contributed by atoms with Gasteiger partial charge in [0, 0.05) is 28.2 Å². The number of amides is 1. The molecule has 0 saturated carbocycles. The standard InChI is InChI=1S/C30H39BrN2O5/c1-5-7-16-32(17-8-6-2)18-9-19-33-27(24-15-14-23(37-3)20-25(24)38-4)26(29(35)30(33)36)28(34)21-10-12-22(31)13-11-21/h10-15,20,27,34H,5-9,16-19H2,1-4H3/t27-/m0/s1. The van der Waals surface area contributed by atoms with Gasteiger partial charge in [0.15, 0.2) is 0 Å². The SMILES string of the molecule is CCCCN(CCCC)CCCN1C(=O)C(=O)C(=C(O)c2ccc(Br)cc2)[C@@H]1c1ccc(OC)cc1OC. The Morgan fingerprint density at radius 2 is 1.58 bits per heavy atom. The normalized spacial score (nSPS) is 16.9. The number of halogens is 1. The van der Waals surface area contributed by atoms with Crippen molar-refractivity contribution in [1.29, 1.82) is 0 Å². The first-order valence-electron chi connectivity index (χ1n) is 13.3. The van der Waals surface area contributed by atoms with Crippen molar-refractivity contribution in [1.82, 2.24) is 9.80 Å². The Morgan fingerprint density at radius 1 is 0.947 bits per heavy atom. The summed E-state index contributed by atoms with van der Waals surface area (Å²) in [5.41, 5.74) is 1.16. The number of ketones is 1. The molecule has 0 bridgehead atoms. The second-order valence-corrected chi connectivity index (χ2v) is 10.4. The van der Waals surface area contributed by atoms with Gasteiger partial charge in [-0.1, -0.05) is 54.8 Å². The van der Waals surface area contributed by atoms with Gasteiger partial charge in [0.2, 0.25) is 0 Å². The molecule has 0 spiro atoms. The fourth-order valence-electron chi connectivity index (χ4n) is 4.81. The van der Waals surface area contributed by atoms with Gasteiger partial charge in [-0.25, -0.2) is 0 Å². The minimum absolute atomic E-state index is 0.0645. The van der Waals surface area contributed by atoms with E-state index in [2.05, 4.69) is 34.7 Å². The van der Waals surface area contributed by atoms with Gasteiger partial charge < -0.3 is 24.4 Å². The van der Waals surface area contributed by atoms with Crippen LogP contribution in [0.4, 0.5) is 0 Å². The van der Waals surface area contributed by atoms with Crippen LogP contribution < -0.4 is 9.47 Å². The Labute approximate surface area is 234 Å². The molecule has 1 fully saturated rings. The maximum atomic E-state index is 13.4. The highest BCUT2D eigenvalue weighted by Gasteiger charge is 2.46. The van der Waals surface area contributed by atoms with Crippen molar-refractivity contribution >= 4 is 33.4 Å². The Hall–Kier alpha value is -2.84. The zero-order valence-corrected chi connectivity index (χ0v) is 24.4. The lowest BCUT2D eigenvalue weighted by Crippen LogP contribution is -2.34. The molecule has 8 heteroatoms. The fourth-order valence-corrected chi connectivity index (χ4v) is 5.07. The second kappa shape index (κ2) is 14.4. The Balaban J connectivity index is 2.00. The first kappa shape index (κ1) is 29.7. The smallest absolute Gasteiger partial charge is 0.295 e. The summed E-state index contributed by atoms with van der Waals surface area (Å²) in [6.07, 6.45) is 5.23. The Bertz CT molecular complexity index is 1120. The first-order valence-corrected chi connectivity index (χ1v) is 14.1. The number of nitrogens with zero attached hydrogens (tertiary/aromatic N) is 2. The van der Waals surface area contributed by atoms with Crippen molar-refractivity contribution < 1.29 is 24.2 Å². The number of carbonyl (C=O) groups excluding carboxylic acids is 2. The number of rotatable bonds is 14. The molecule has 7 nitrogen and oxygen atoms in total. The summed E-state index contributed by atoms with van der Waals surface area (Å²) in [6.45, 7) is 7.64. The largest absolute Gasteiger partial charge is 0.507 e. The minimum atomic E-state index is -0.778. The highest BCUT2D eigenvalue weighted by molar-refractivity contribution is 9.10. The van der Waals surface area contributed by atoms with Crippen molar-refractivity contribution in [3.63, 3.8) is 0 Å². The molecule has 0 aliphatic carbocycles. The Kier molecular flexibility index (Phi) is 11.2. The summed E-state index contributed by atoms with van der Waals surface area (Å²) in [7, 11) is 3.11. The predicted molar refractivity (Wildman–Crippen MR) is 154 cm³/mol. The summed E-state index contributed by atoms with van der Waals surface area (Å²) < 4.78 is 11.9. The molecule has 1 atom stereocenters. The lowest BCUT2D eigenvalue weighted by atomic mass is 9.94. The highest BCUT2D eigenvalue weighted by atomic mass is 79.9. The van der Waals surface area contributed by atoms with Gasteiger partial charge >= 0.3 is 0 Å². The van der Waals surface area contributed by atoms with E-state index >= 15 is 0 Å². The average molecular weight is 588 g/mol. The zero-order valence-electron chi connectivity index (χ0n) is 22.8. The number of likely N-dealkylation sites (tertiary alicyclic amines) is 1. The topological polar surface area (TPSA) is 79.3 Å². The Morgan fingerprint density at radius 3 is 2.16 bits per heavy atom. The van der Waals surface area contributed by atoms with E-state index in [0.717, 1.165) is 49.8 Å². The molecule has 2 aromatic carbocycles. The number of hydrogen-bond acceptors (Lipinski definition) is 6. The van der Waals surface area contributed by atoms with Gasteiger partial charge in [0.25, 0.3) is 11.7 Å². The summed E-state index contributed by atoms with van der Waals surface area (Å²) in [4.78, 5) is 30.8. The van der Waals surface area contributed by atoms with Crippen LogP contribution in [-0.2, 0) is 9.59 Å². The number of carbonyl (C=O) groups is 2. The predicted octanol–water partition coefficient (Wildman–Crippen LogP) is 6.18. The van der Waals surface area contributed by atoms with Gasteiger partial charge in [-0.15, -0.1) is 0 Å². The van der Waals surface area contributed by atoms with E-state index in [9.17, 15) is 14.7 Å². The zero-order chi connectivity index (χ0) is 27.7. The number of aliphatic hydroxyl groups excluding tert-OH is 1. The molecular weight excluding hydrogens is 548 g/mol. The molecule has 1 aliphatic heterocycles. The second-order valence-electron chi connectivity index (χ2n) is 9.51. The van der Waals surface area contributed by atoms with E-state index in [1.165, 1.54) is 0 Å². The van der Waals surface area contributed by atoms with Crippen molar-refractivity contribution in [3.8, 4) is 11.5 Å². The van der Waals surface area contributed by atoms with Crippen LogP contribution in [0.3, 0.4) is 0 Å². The van der Waals surface area contributed by atoms with E-state index in [-0.39, 0.29) is 11.3 Å². The maximum absolute atomic E-state index is 13.4. The molecule has 0 radical (unpaired) electrons. The first-order chi connectivity index (χ1) is 18.4. The van der Waals surface area contributed by atoms with Gasteiger partial charge in [-0.3, -0.25) is 9.59 Å². The van der Waals surface area contributed by atoms with Crippen LogP contribution in [0.25, 0.3) is 5.76 Å². The molecule has 0 unspecified atom stereocenters. The van der Waals surface area contributed by atoms with Crippen LogP contribution in [0.1, 0.15) is 63.1 Å². The third-order valence-electron chi connectivity index (χ3n) is 6.92. The summed E-state index contributed by atoms with van der Waals surface area (Å²) in [5.74, 6) is -0.426. The molecule has 1 amide bonds. The number of unbranched alkanes of at least 4 members (excludes halogenated alkanes) is 2. The van der Waals surface area contributed by atoms with Gasteiger partial charge in [0.1, 0.15) is 17.3 Å². The van der Waals surface area contributed by atoms with Gasteiger partial charge in [-0.05, 0) is 63.2 Å².